The molecule has 0 N–H and O–H groups in total. The zero-order valence-corrected chi connectivity index (χ0v) is 22.4. The van der Waals surface area contributed by atoms with Crippen molar-refractivity contribution < 1.29 is 28.6 Å². The molecule has 8 nitrogen and oxygen atoms in total. The van der Waals surface area contributed by atoms with Crippen LogP contribution < -0.4 is 0 Å². The van der Waals surface area contributed by atoms with Gasteiger partial charge in [-0.15, -0.1) is 11.8 Å². The second-order valence-corrected chi connectivity index (χ2v) is 10.4. The fourth-order valence-corrected chi connectivity index (χ4v) is 5.99. The van der Waals surface area contributed by atoms with Crippen molar-refractivity contribution >= 4 is 29.7 Å². The van der Waals surface area contributed by atoms with Crippen LogP contribution in [0.1, 0.15) is 71.6 Å². The van der Waals surface area contributed by atoms with Gasteiger partial charge in [-0.25, -0.2) is 0 Å². The molecular weight excluding hydrogens is 482 g/mol. The molecule has 0 saturated heterocycles. The number of carbonyl (C=O) groups excluding carboxylic acids is 3. The van der Waals surface area contributed by atoms with Crippen molar-refractivity contribution in [3.63, 3.8) is 0 Å². The fourth-order valence-electron chi connectivity index (χ4n) is 5.03. The van der Waals surface area contributed by atoms with E-state index in [1.54, 1.807) is 11.8 Å². The van der Waals surface area contributed by atoms with Crippen LogP contribution in [0.2, 0.25) is 0 Å². The molecule has 9 heteroatoms. The standard InChI is InChI=1S/C27H39NO7S/c1-19(29)34-21(18-36-22-11-7-6-8-12-22)15-16-23-24(13-9-4-5-10-14-27(31)33-3)26(35-20(2)30)17-25(23)28-32/h6-8,11-12,21,23-26H,4-5,9-10,13-18H2,1-3H3/t21?,23-,24-,25?,26+/m1/s1. The topological polar surface area (TPSA) is 108 Å². The highest BCUT2D eigenvalue weighted by atomic mass is 32.2. The number of thioether (sulfide) groups is 1. The number of benzene rings is 1. The maximum Gasteiger partial charge on any atom is 0.305 e. The van der Waals surface area contributed by atoms with Crippen LogP contribution >= 0.6 is 11.8 Å². The first-order chi connectivity index (χ1) is 17.3. The molecule has 0 bridgehead atoms. The van der Waals surface area contributed by atoms with Crippen LogP contribution in [0, 0.1) is 16.7 Å². The Morgan fingerprint density at radius 3 is 2.36 bits per heavy atom. The molecule has 5 atom stereocenters. The first-order valence-electron chi connectivity index (χ1n) is 12.8. The Kier molecular flexibility index (Phi) is 13.5. The first-order valence-corrected chi connectivity index (χ1v) is 13.7. The summed E-state index contributed by atoms with van der Waals surface area (Å²) in [6.07, 6.45) is 5.83. The van der Waals surface area contributed by atoms with Crippen LogP contribution in [-0.2, 0) is 28.6 Å². The Morgan fingerprint density at radius 2 is 1.72 bits per heavy atom. The maximum absolute atomic E-state index is 11.7. The number of hydrogen-bond acceptors (Lipinski definition) is 9. The summed E-state index contributed by atoms with van der Waals surface area (Å²) in [6, 6.07) is 9.50. The van der Waals surface area contributed by atoms with E-state index in [1.807, 2.05) is 30.3 Å². The molecule has 0 heterocycles. The van der Waals surface area contributed by atoms with Gasteiger partial charge in [-0.05, 0) is 43.7 Å². The molecule has 1 aliphatic rings. The van der Waals surface area contributed by atoms with Gasteiger partial charge < -0.3 is 14.2 Å². The van der Waals surface area contributed by atoms with Crippen molar-refractivity contribution in [3.8, 4) is 0 Å². The quantitative estimate of drug-likeness (QED) is 0.0895. The molecule has 0 spiro atoms. The van der Waals surface area contributed by atoms with E-state index in [9.17, 15) is 19.3 Å². The lowest BCUT2D eigenvalue weighted by molar-refractivity contribution is -0.149. The van der Waals surface area contributed by atoms with Crippen molar-refractivity contribution in [1.82, 2.24) is 0 Å². The van der Waals surface area contributed by atoms with Gasteiger partial charge in [0.2, 0.25) is 0 Å². The molecule has 1 saturated carbocycles. The third kappa shape index (κ3) is 10.7. The smallest absolute Gasteiger partial charge is 0.305 e. The van der Waals surface area contributed by atoms with Crippen LogP contribution in [0.15, 0.2) is 40.4 Å². The summed E-state index contributed by atoms with van der Waals surface area (Å²) in [7, 11) is 1.39. The third-order valence-electron chi connectivity index (χ3n) is 6.68. The van der Waals surface area contributed by atoms with E-state index in [0.29, 0.717) is 31.4 Å². The summed E-state index contributed by atoms with van der Waals surface area (Å²) in [5.74, 6) is -0.280. The number of rotatable bonds is 16. The van der Waals surface area contributed by atoms with E-state index in [4.69, 9.17) is 9.47 Å². The summed E-state index contributed by atoms with van der Waals surface area (Å²) in [5.41, 5.74) is 0. The molecule has 2 rings (SSSR count). The molecule has 0 radical (unpaired) electrons. The predicted molar refractivity (Wildman–Crippen MR) is 138 cm³/mol. The molecule has 0 aliphatic heterocycles. The van der Waals surface area contributed by atoms with Crippen molar-refractivity contribution in [2.75, 3.05) is 12.9 Å². The fraction of sp³-hybridized carbons (Fsp3) is 0.667. The van der Waals surface area contributed by atoms with Gasteiger partial charge in [0.05, 0.1) is 13.2 Å². The molecule has 2 unspecified atom stereocenters. The van der Waals surface area contributed by atoms with E-state index in [-0.39, 0.29) is 42.0 Å². The maximum atomic E-state index is 11.7. The highest BCUT2D eigenvalue weighted by Crippen LogP contribution is 2.42. The Bertz CT molecular complexity index is 835. The second-order valence-electron chi connectivity index (χ2n) is 9.35. The largest absolute Gasteiger partial charge is 0.469 e. The third-order valence-corrected chi connectivity index (χ3v) is 7.82. The molecule has 1 fully saturated rings. The number of methoxy groups -OCH3 is 1. The van der Waals surface area contributed by atoms with Gasteiger partial charge in [0.15, 0.2) is 0 Å². The number of nitroso groups, excluding NO2 is 1. The Hall–Kier alpha value is -2.42. The van der Waals surface area contributed by atoms with Crippen molar-refractivity contribution in [2.45, 2.75) is 94.8 Å². The highest BCUT2D eigenvalue weighted by molar-refractivity contribution is 7.99. The lowest BCUT2D eigenvalue weighted by Gasteiger charge is -2.26. The minimum atomic E-state index is -0.432. The summed E-state index contributed by atoms with van der Waals surface area (Å²) >= 11 is 1.63. The lowest BCUT2D eigenvalue weighted by atomic mass is 9.84. The summed E-state index contributed by atoms with van der Waals surface area (Å²) in [5, 5.41) is 3.39. The monoisotopic (exact) mass is 521 g/mol. The number of unbranched alkanes of at least 4 members (excludes halogenated alkanes) is 3. The van der Waals surface area contributed by atoms with E-state index >= 15 is 0 Å². The second kappa shape index (κ2) is 16.3. The average molecular weight is 522 g/mol. The molecule has 1 aliphatic carbocycles. The number of hydrogen-bond donors (Lipinski definition) is 0. The van der Waals surface area contributed by atoms with Crippen LogP contribution in [0.3, 0.4) is 0 Å². The summed E-state index contributed by atoms with van der Waals surface area (Å²) < 4.78 is 15.9. The predicted octanol–water partition coefficient (Wildman–Crippen LogP) is 5.71. The Morgan fingerprint density at radius 1 is 1.00 bits per heavy atom. The molecular formula is C27H39NO7S. The van der Waals surface area contributed by atoms with Gasteiger partial charge in [-0.3, -0.25) is 14.4 Å². The van der Waals surface area contributed by atoms with Crippen LogP contribution in [0.5, 0.6) is 0 Å². The van der Waals surface area contributed by atoms with Crippen molar-refractivity contribution in [1.29, 1.82) is 0 Å². The Labute approximate surface area is 218 Å². The van der Waals surface area contributed by atoms with E-state index in [2.05, 4.69) is 9.91 Å². The van der Waals surface area contributed by atoms with Crippen molar-refractivity contribution in [3.05, 3.63) is 35.2 Å². The molecule has 0 aromatic heterocycles. The molecule has 36 heavy (non-hydrogen) atoms. The SMILES string of the molecule is COC(=O)CCCCCC[C@H]1[C@@H](OC(C)=O)CC(N=O)[C@@H]1CCC(CSc1ccccc1)OC(C)=O. The number of ether oxygens (including phenoxy) is 3. The molecule has 1 aromatic carbocycles. The van der Waals surface area contributed by atoms with Gasteiger partial charge in [-0.2, -0.15) is 4.91 Å². The van der Waals surface area contributed by atoms with Gasteiger partial charge >= 0.3 is 17.9 Å². The van der Waals surface area contributed by atoms with Gasteiger partial charge in [0.1, 0.15) is 12.2 Å². The van der Waals surface area contributed by atoms with E-state index < -0.39 is 6.04 Å². The van der Waals surface area contributed by atoms with Gasteiger partial charge in [0, 0.05) is 43.3 Å². The summed E-state index contributed by atoms with van der Waals surface area (Å²) in [4.78, 5) is 47.5. The molecule has 200 valence electrons. The number of esters is 3. The average Bonchev–Trinajstić information content (AvgIpc) is 3.18. The van der Waals surface area contributed by atoms with Gasteiger partial charge in [-0.1, -0.05) is 42.6 Å². The molecule has 1 aromatic rings. The minimum absolute atomic E-state index is 0.0250. The van der Waals surface area contributed by atoms with Crippen LogP contribution in [0.25, 0.3) is 0 Å². The zero-order valence-electron chi connectivity index (χ0n) is 21.6. The summed E-state index contributed by atoms with van der Waals surface area (Å²) in [6.45, 7) is 2.79. The van der Waals surface area contributed by atoms with E-state index in [1.165, 1.54) is 21.0 Å². The zero-order chi connectivity index (χ0) is 26.3. The number of nitrogens with zero attached hydrogens (tertiary/aromatic N) is 1. The van der Waals surface area contributed by atoms with Crippen LogP contribution in [-0.4, -0.2) is 49.0 Å². The van der Waals surface area contributed by atoms with Crippen LogP contribution in [0.4, 0.5) is 0 Å². The van der Waals surface area contributed by atoms with E-state index in [0.717, 1.165) is 37.0 Å². The normalized spacial score (nSPS) is 22.0. The Balaban J connectivity index is 1.98. The molecule has 0 amide bonds. The van der Waals surface area contributed by atoms with Crippen molar-refractivity contribution in [2.24, 2.45) is 17.0 Å². The minimum Gasteiger partial charge on any atom is -0.469 e. The highest BCUT2D eigenvalue weighted by Gasteiger charge is 2.45. The first kappa shape index (κ1) is 29.8. The number of carbonyl (C=O) groups is 3. The van der Waals surface area contributed by atoms with Gasteiger partial charge in [0.25, 0.3) is 0 Å². The lowest BCUT2D eigenvalue weighted by Crippen LogP contribution is -2.27.